The summed E-state index contributed by atoms with van der Waals surface area (Å²) < 4.78 is 10.9. The zero-order valence-corrected chi connectivity index (χ0v) is 16.1. The van der Waals surface area contributed by atoms with Crippen molar-refractivity contribution in [2.45, 2.75) is 38.5 Å². The van der Waals surface area contributed by atoms with Crippen LogP contribution in [0.3, 0.4) is 0 Å². The van der Waals surface area contributed by atoms with Gasteiger partial charge in [0.1, 0.15) is 10.6 Å². The number of anilines is 1. The molecule has 0 unspecified atom stereocenters. The first-order valence-corrected chi connectivity index (χ1v) is 9.92. The number of thiophene rings is 1. The fraction of sp³-hybridized carbons (Fsp3) is 0.350. The maximum Gasteiger partial charge on any atom is 0.270 e. The number of hydrogen-bond donors (Lipinski definition) is 1. The summed E-state index contributed by atoms with van der Waals surface area (Å²) in [6.07, 6.45) is 2.23. The second-order valence-electron chi connectivity index (χ2n) is 6.96. The van der Waals surface area contributed by atoms with Gasteiger partial charge in [0.25, 0.3) is 11.8 Å². The van der Waals surface area contributed by atoms with Gasteiger partial charge >= 0.3 is 0 Å². The molecule has 1 aliphatic rings. The first kappa shape index (κ1) is 17.7. The number of amides is 1. The van der Waals surface area contributed by atoms with Crippen molar-refractivity contribution in [1.82, 2.24) is 10.1 Å². The summed E-state index contributed by atoms with van der Waals surface area (Å²) >= 11 is 1.46. The molecule has 1 fully saturated rings. The molecule has 0 bridgehead atoms. The Hall–Kier alpha value is -2.67. The Labute approximate surface area is 161 Å². The number of rotatable bonds is 7. The van der Waals surface area contributed by atoms with Crippen molar-refractivity contribution in [3.05, 3.63) is 47.1 Å². The first-order valence-electron chi connectivity index (χ1n) is 9.04. The lowest BCUT2D eigenvalue weighted by atomic mass is 10.0. The van der Waals surface area contributed by atoms with Gasteiger partial charge in [-0.2, -0.15) is 4.98 Å². The van der Waals surface area contributed by atoms with Crippen molar-refractivity contribution < 1.29 is 14.1 Å². The van der Waals surface area contributed by atoms with Crippen molar-refractivity contribution in [3.8, 4) is 16.5 Å². The SMILES string of the molecule is CC(C)c1ccc(OCC(=O)Nc2ccsc2-c2nc(C3CC3)no2)cc1. The van der Waals surface area contributed by atoms with Crippen LogP contribution in [0.4, 0.5) is 5.69 Å². The predicted molar refractivity (Wildman–Crippen MR) is 104 cm³/mol. The Bertz CT molecular complexity index is 926. The average molecular weight is 383 g/mol. The number of carbonyl (C=O) groups is 1. The third kappa shape index (κ3) is 4.19. The Kier molecular flexibility index (Phi) is 4.94. The Balaban J connectivity index is 1.36. The average Bonchev–Trinajstić information content (AvgIpc) is 3.22. The topological polar surface area (TPSA) is 77.2 Å². The minimum atomic E-state index is -0.232. The van der Waals surface area contributed by atoms with E-state index in [9.17, 15) is 4.79 Å². The third-order valence-electron chi connectivity index (χ3n) is 4.43. The molecule has 2 aromatic heterocycles. The molecule has 0 aliphatic heterocycles. The zero-order chi connectivity index (χ0) is 18.8. The molecule has 0 radical (unpaired) electrons. The molecule has 7 heteroatoms. The summed E-state index contributed by atoms with van der Waals surface area (Å²) in [5.41, 5.74) is 1.90. The summed E-state index contributed by atoms with van der Waals surface area (Å²) in [6, 6.07) is 9.63. The summed E-state index contributed by atoms with van der Waals surface area (Å²) in [5, 5.41) is 8.78. The third-order valence-corrected chi connectivity index (χ3v) is 5.34. The van der Waals surface area contributed by atoms with E-state index in [1.807, 2.05) is 35.7 Å². The van der Waals surface area contributed by atoms with E-state index in [0.717, 1.165) is 23.5 Å². The Morgan fingerprint density at radius 1 is 1.30 bits per heavy atom. The van der Waals surface area contributed by atoms with E-state index < -0.39 is 0 Å². The van der Waals surface area contributed by atoms with Gasteiger partial charge in [0, 0.05) is 5.92 Å². The molecule has 1 aromatic carbocycles. The van der Waals surface area contributed by atoms with Gasteiger partial charge in [0.15, 0.2) is 12.4 Å². The van der Waals surface area contributed by atoms with Gasteiger partial charge < -0.3 is 14.6 Å². The van der Waals surface area contributed by atoms with Gasteiger partial charge in [-0.1, -0.05) is 31.1 Å². The maximum atomic E-state index is 12.3. The highest BCUT2D eigenvalue weighted by Crippen LogP contribution is 2.40. The molecule has 0 atom stereocenters. The molecule has 1 aliphatic carbocycles. The van der Waals surface area contributed by atoms with Crippen LogP contribution in [0.1, 0.15) is 49.9 Å². The highest BCUT2D eigenvalue weighted by molar-refractivity contribution is 7.14. The molecular weight excluding hydrogens is 362 g/mol. The van der Waals surface area contributed by atoms with E-state index in [2.05, 4.69) is 29.3 Å². The van der Waals surface area contributed by atoms with Gasteiger partial charge in [0.05, 0.1) is 5.69 Å². The number of hydrogen-bond acceptors (Lipinski definition) is 6. The normalized spacial score (nSPS) is 13.7. The van der Waals surface area contributed by atoms with Crippen molar-refractivity contribution in [1.29, 1.82) is 0 Å². The smallest absolute Gasteiger partial charge is 0.270 e. The molecule has 0 spiro atoms. The van der Waals surface area contributed by atoms with E-state index in [0.29, 0.717) is 29.2 Å². The van der Waals surface area contributed by atoms with Crippen LogP contribution >= 0.6 is 11.3 Å². The van der Waals surface area contributed by atoms with E-state index in [1.54, 1.807) is 0 Å². The lowest BCUT2D eigenvalue weighted by Gasteiger charge is -2.09. The fourth-order valence-corrected chi connectivity index (χ4v) is 3.46. The molecular formula is C20H21N3O3S. The molecule has 1 N–H and O–H groups in total. The monoisotopic (exact) mass is 383 g/mol. The first-order chi connectivity index (χ1) is 13.1. The van der Waals surface area contributed by atoms with E-state index in [1.165, 1.54) is 16.9 Å². The van der Waals surface area contributed by atoms with Crippen LogP contribution in [0.2, 0.25) is 0 Å². The van der Waals surface area contributed by atoms with Crippen LogP contribution in [0, 0.1) is 0 Å². The van der Waals surface area contributed by atoms with Gasteiger partial charge in [-0.25, -0.2) is 0 Å². The number of ether oxygens (including phenoxy) is 1. The number of nitrogens with zero attached hydrogens (tertiary/aromatic N) is 2. The minimum absolute atomic E-state index is 0.0620. The van der Waals surface area contributed by atoms with E-state index in [4.69, 9.17) is 9.26 Å². The maximum absolute atomic E-state index is 12.3. The van der Waals surface area contributed by atoms with Gasteiger partial charge in [-0.3, -0.25) is 4.79 Å². The summed E-state index contributed by atoms with van der Waals surface area (Å²) in [7, 11) is 0. The molecule has 3 aromatic rings. The van der Waals surface area contributed by atoms with Crippen LogP contribution in [-0.2, 0) is 4.79 Å². The second-order valence-corrected chi connectivity index (χ2v) is 7.87. The largest absolute Gasteiger partial charge is 0.484 e. The minimum Gasteiger partial charge on any atom is -0.484 e. The van der Waals surface area contributed by atoms with Crippen molar-refractivity contribution in [2.75, 3.05) is 11.9 Å². The van der Waals surface area contributed by atoms with Crippen LogP contribution < -0.4 is 10.1 Å². The number of nitrogens with one attached hydrogen (secondary N) is 1. The second kappa shape index (κ2) is 7.52. The molecule has 1 saturated carbocycles. The molecule has 6 nitrogen and oxygen atoms in total. The lowest BCUT2D eigenvalue weighted by molar-refractivity contribution is -0.118. The lowest BCUT2D eigenvalue weighted by Crippen LogP contribution is -2.20. The van der Waals surface area contributed by atoms with Crippen molar-refractivity contribution >= 4 is 22.9 Å². The Morgan fingerprint density at radius 2 is 2.07 bits per heavy atom. The zero-order valence-electron chi connectivity index (χ0n) is 15.3. The molecule has 2 heterocycles. The van der Waals surface area contributed by atoms with E-state index in [-0.39, 0.29) is 12.5 Å². The number of aromatic nitrogens is 2. The van der Waals surface area contributed by atoms with Crippen molar-refractivity contribution in [3.63, 3.8) is 0 Å². The molecule has 27 heavy (non-hydrogen) atoms. The van der Waals surface area contributed by atoms with Crippen LogP contribution in [0.15, 0.2) is 40.2 Å². The van der Waals surface area contributed by atoms with E-state index >= 15 is 0 Å². The Morgan fingerprint density at radius 3 is 2.78 bits per heavy atom. The number of carbonyl (C=O) groups excluding carboxylic acids is 1. The fourth-order valence-electron chi connectivity index (χ4n) is 2.69. The summed E-state index contributed by atoms with van der Waals surface area (Å²) in [5.74, 6) is 2.53. The standard InChI is InChI=1S/C20H21N3O3S/c1-12(2)13-5-7-15(8-6-13)25-11-17(24)21-16-9-10-27-18(16)20-22-19(23-26-20)14-3-4-14/h5-10,12,14H,3-4,11H2,1-2H3,(H,21,24). The molecule has 4 rings (SSSR count). The molecule has 1 amide bonds. The van der Waals surface area contributed by atoms with Crippen LogP contribution in [-0.4, -0.2) is 22.7 Å². The van der Waals surface area contributed by atoms with Gasteiger partial charge in [-0.15, -0.1) is 11.3 Å². The van der Waals surface area contributed by atoms with Crippen molar-refractivity contribution in [2.24, 2.45) is 0 Å². The quantitative estimate of drug-likeness (QED) is 0.633. The van der Waals surface area contributed by atoms with Gasteiger partial charge in [0.2, 0.25) is 0 Å². The molecule has 0 saturated heterocycles. The van der Waals surface area contributed by atoms with Gasteiger partial charge in [-0.05, 0) is 47.9 Å². The molecule has 140 valence electrons. The number of benzene rings is 1. The highest BCUT2D eigenvalue weighted by atomic mass is 32.1. The van der Waals surface area contributed by atoms with Crippen LogP contribution in [0.5, 0.6) is 5.75 Å². The summed E-state index contributed by atoms with van der Waals surface area (Å²) in [6.45, 7) is 4.21. The van der Waals surface area contributed by atoms with Crippen LogP contribution in [0.25, 0.3) is 10.8 Å². The summed E-state index contributed by atoms with van der Waals surface area (Å²) in [4.78, 5) is 17.5. The highest BCUT2D eigenvalue weighted by Gasteiger charge is 2.29. The predicted octanol–water partition coefficient (Wildman–Crippen LogP) is 4.82.